The minimum atomic E-state index is -0.437. The van der Waals surface area contributed by atoms with E-state index in [9.17, 15) is 9.59 Å². The minimum Gasteiger partial charge on any atom is -0.465 e. The van der Waals surface area contributed by atoms with E-state index in [1.54, 1.807) is 18.3 Å². The zero-order chi connectivity index (χ0) is 11.7. The number of aromatic nitrogens is 1. The fourth-order valence-corrected chi connectivity index (χ4v) is 1.74. The molecule has 4 nitrogen and oxygen atoms in total. The predicted octanol–water partition coefficient (Wildman–Crippen LogP) is 2.16. The van der Waals surface area contributed by atoms with E-state index in [1.807, 2.05) is 6.07 Å². The lowest BCUT2D eigenvalue weighted by Crippen LogP contribution is -2.03. The maximum absolute atomic E-state index is 11.6. The third kappa shape index (κ3) is 1.48. The molecule has 0 aliphatic carbocycles. The second-order valence-corrected chi connectivity index (χ2v) is 3.48. The molecule has 1 aromatic carbocycles. The first-order chi connectivity index (χ1) is 7.65. The second kappa shape index (κ2) is 3.81. The van der Waals surface area contributed by atoms with Gasteiger partial charge in [0.05, 0.1) is 12.7 Å². The third-order valence-corrected chi connectivity index (χ3v) is 2.49. The Hall–Kier alpha value is -2.10. The molecule has 0 saturated heterocycles. The van der Waals surface area contributed by atoms with Crippen molar-refractivity contribution in [2.24, 2.45) is 0 Å². The van der Waals surface area contributed by atoms with Crippen molar-refractivity contribution in [2.75, 3.05) is 7.11 Å². The van der Waals surface area contributed by atoms with Gasteiger partial charge in [-0.15, -0.1) is 0 Å². The molecule has 0 spiro atoms. The van der Waals surface area contributed by atoms with Gasteiger partial charge in [-0.3, -0.25) is 4.79 Å². The lowest BCUT2D eigenvalue weighted by Gasteiger charge is -2.02. The third-order valence-electron chi connectivity index (χ3n) is 2.49. The van der Waals surface area contributed by atoms with Crippen LogP contribution < -0.4 is 0 Å². The minimum absolute atomic E-state index is 0.0809. The maximum Gasteiger partial charge on any atom is 0.338 e. The largest absolute Gasteiger partial charge is 0.465 e. The van der Waals surface area contributed by atoms with Crippen molar-refractivity contribution in [3.63, 3.8) is 0 Å². The van der Waals surface area contributed by atoms with Gasteiger partial charge < -0.3 is 9.72 Å². The number of hydrogen-bond acceptors (Lipinski definition) is 3. The van der Waals surface area contributed by atoms with E-state index in [1.165, 1.54) is 14.0 Å². The Morgan fingerprint density at radius 3 is 2.62 bits per heavy atom. The first-order valence-corrected chi connectivity index (χ1v) is 4.84. The molecule has 16 heavy (non-hydrogen) atoms. The summed E-state index contributed by atoms with van der Waals surface area (Å²) in [4.78, 5) is 25.9. The number of methoxy groups -OCH3 is 1. The highest BCUT2D eigenvalue weighted by molar-refractivity contribution is 6.14. The standard InChI is InChI=1S/C12H11NO3/c1-7(14)9-6-13-10-5-3-4-8(11(9)10)12(15)16-2/h3-6,13H,1-2H3. The lowest BCUT2D eigenvalue weighted by molar-refractivity contribution is 0.0603. The molecule has 0 unspecified atom stereocenters. The SMILES string of the molecule is COC(=O)c1cccc2[nH]cc(C(C)=O)c12. The fourth-order valence-electron chi connectivity index (χ4n) is 1.74. The van der Waals surface area contributed by atoms with Crippen LogP contribution in [0.4, 0.5) is 0 Å². The number of hydrogen-bond donors (Lipinski definition) is 1. The number of nitrogens with one attached hydrogen (secondary N) is 1. The number of H-pyrrole nitrogens is 1. The zero-order valence-corrected chi connectivity index (χ0v) is 9.03. The van der Waals surface area contributed by atoms with Gasteiger partial charge in [0.1, 0.15) is 0 Å². The highest BCUT2D eigenvalue weighted by Gasteiger charge is 2.16. The monoisotopic (exact) mass is 217 g/mol. The van der Waals surface area contributed by atoms with Crippen molar-refractivity contribution < 1.29 is 14.3 Å². The first kappa shape index (κ1) is 10.4. The molecule has 0 radical (unpaired) electrons. The van der Waals surface area contributed by atoms with Gasteiger partial charge in [-0.25, -0.2) is 4.79 Å². The average molecular weight is 217 g/mol. The number of carbonyl (C=O) groups is 2. The molecular weight excluding hydrogens is 206 g/mol. The van der Waals surface area contributed by atoms with Crippen LogP contribution in [-0.2, 0) is 4.74 Å². The highest BCUT2D eigenvalue weighted by atomic mass is 16.5. The van der Waals surface area contributed by atoms with Crippen LogP contribution in [0.1, 0.15) is 27.6 Å². The van der Waals surface area contributed by atoms with Crippen LogP contribution in [0.3, 0.4) is 0 Å². The number of ketones is 1. The van der Waals surface area contributed by atoms with Gasteiger partial charge in [0.25, 0.3) is 0 Å². The second-order valence-electron chi connectivity index (χ2n) is 3.48. The number of rotatable bonds is 2. The quantitative estimate of drug-likeness (QED) is 0.619. The summed E-state index contributed by atoms with van der Waals surface area (Å²) in [5, 5.41) is 0.627. The molecular formula is C12H11NO3. The summed E-state index contributed by atoms with van der Waals surface area (Å²) in [6, 6.07) is 5.21. The predicted molar refractivity (Wildman–Crippen MR) is 59.6 cm³/mol. The smallest absolute Gasteiger partial charge is 0.338 e. The van der Waals surface area contributed by atoms with Crippen LogP contribution in [0.2, 0.25) is 0 Å². The number of ether oxygens (including phenoxy) is 1. The Balaban J connectivity index is 2.78. The van der Waals surface area contributed by atoms with Gasteiger partial charge in [-0.05, 0) is 19.1 Å². The Kier molecular flexibility index (Phi) is 2.48. The van der Waals surface area contributed by atoms with E-state index in [0.29, 0.717) is 16.5 Å². The van der Waals surface area contributed by atoms with Crippen LogP contribution in [-0.4, -0.2) is 23.8 Å². The highest BCUT2D eigenvalue weighted by Crippen LogP contribution is 2.23. The maximum atomic E-state index is 11.6. The van der Waals surface area contributed by atoms with Crippen molar-refractivity contribution in [3.8, 4) is 0 Å². The number of Topliss-reactive ketones (excluding diaryl/α,β-unsaturated/α-hetero) is 1. The van der Waals surface area contributed by atoms with Crippen LogP contribution >= 0.6 is 0 Å². The topological polar surface area (TPSA) is 59.2 Å². The lowest BCUT2D eigenvalue weighted by atomic mass is 10.0. The van der Waals surface area contributed by atoms with Gasteiger partial charge in [-0.2, -0.15) is 0 Å². The van der Waals surface area contributed by atoms with Crippen molar-refractivity contribution >= 4 is 22.7 Å². The van der Waals surface area contributed by atoms with E-state index < -0.39 is 5.97 Å². The van der Waals surface area contributed by atoms with E-state index in [0.717, 1.165) is 5.52 Å². The van der Waals surface area contributed by atoms with Crippen molar-refractivity contribution in [3.05, 3.63) is 35.5 Å². The fraction of sp³-hybridized carbons (Fsp3) is 0.167. The number of benzene rings is 1. The molecule has 82 valence electrons. The Bertz CT molecular complexity index is 569. The molecule has 0 aliphatic rings. The summed E-state index contributed by atoms with van der Waals surface area (Å²) in [6.45, 7) is 1.47. The molecule has 0 aliphatic heterocycles. The van der Waals surface area contributed by atoms with Crippen LogP contribution in [0.5, 0.6) is 0 Å². The molecule has 1 aromatic heterocycles. The first-order valence-electron chi connectivity index (χ1n) is 4.84. The summed E-state index contributed by atoms with van der Waals surface area (Å²) >= 11 is 0. The molecule has 2 rings (SSSR count). The van der Waals surface area contributed by atoms with Crippen LogP contribution in [0, 0.1) is 0 Å². The summed E-state index contributed by atoms with van der Waals surface area (Å²) < 4.78 is 4.68. The molecule has 0 saturated carbocycles. The number of fused-ring (bicyclic) bond motifs is 1. The van der Waals surface area contributed by atoms with Crippen LogP contribution in [0.25, 0.3) is 10.9 Å². The number of esters is 1. The van der Waals surface area contributed by atoms with Crippen LogP contribution in [0.15, 0.2) is 24.4 Å². The summed E-state index contributed by atoms with van der Waals surface area (Å²) in [5.74, 6) is -0.518. The molecule has 0 amide bonds. The summed E-state index contributed by atoms with van der Waals surface area (Å²) in [5.41, 5.74) is 1.68. The summed E-state index contributed by atoms with van der Waals surface area (Å²) in [6.07, 6.45) is 1.61. The van der Waals surface area contributed by atoms with E-state index in [-0.39, 0.29) is 5.78 Å². The Morgan fingerprint density at radius 2 is 2.00 bits per heavy atom. The molecule has 2 aromatic rings. The molecule has 1 N–H and O–H groups in total. The van der Waals surface area contributed by atoms with Crippen molar-refractivity contribution in [2.45, 2.75) is 6.92 Å². The molecule has 1 heterocycles. The Morgan fingerprint density at radius 1 is 1.25 bits per heavy atom. The van der Waals surface area contributed by atoms with E-state index in [4.69, 9.17) is 0 Å². The van der Waals surface area contributed by atoms with Crippen molar-refractivity contribution in [1.29, 1.82) is 0 Å². The number of aromatic amines is 1. The van der Waals surface area contributed by atoms with Gasteiger partial charge in [0.2, 0.25) is 0 Å². The van der Waals surface area contributed by atoms with Gasteiger partial charge in [0, 0.05) is 22.7 Å². The van der Waals surface area contributed by atoms with E-state index in [2.05, 4.69) is 9.72 Å². The van der Waals surface area contributed by atoms with Gasteiger partial charge in [-0.1, -0.05) is 6.07 Å². The van der Waals surface area contributed by atoms with Gasteiger partial charge >= 0.3 is 5.97 Å². The summed E-state index contributed by atoms with van der Waals surface area (Å²) in [7, 11) is 1.32. The molecule has 0 atom stereocenters. The molecule has 4 heteroatoms. The number of carbonyl (C=O) groups excluding carboxylic acids is 2. The van der Waals surface area contributed by atoms with E-state index >= 15 is 0 Å². The molecule has 0 bridgehead atoms. The van der Waals surface area contributed by atoms with Gasteiger partial charge in [0.15, 0.2) is 5.78 Å². The normalized spacial score (nSPS) is 10.4. The van der Waals surface area contributed by atoms with Crippen molar-refractivity contribution in [1.82, 2.24) is 4.98 Å². The molecule has 0 fully saturated rings. The average Bonchev–Trinajstić information content (AvgIpc) is 2.71. The Labute approximate surface area is 92.2 Å². The zero-order valence-electron chi connectivity index (χ0n) is 9.03.